The van der Waals surface area contributed by atoms with Crippen LogP contribution in [0.25, 0.3) is 0 Å². The summed E-state index contributed by atoms with van der Waals surface area (Å²) >= 11 is 0. The second kappa shape index (κ2) is 12.2. The standard InChI is InChI=1S/C27H25F2NO5S/c1-3-36(32,33)23-14-9-21(10-15-23)18-26(31)30-24-16-11-20(17-25(24)34-2)6-4-5-19-7-12-22(13-8-19)35-27(28)29/h7-17,27H,3,5,18H2,1-2H3,(H,30,31). The maximum Gasteiger partial charge on any atom is 0.387 e. The highest BCUT2D eigenvalue weighted by Gasteiger charge is 2.13. The molecule has 0 saturated carbocycles. The van der Waals surface area contributed by atoms with Crippen molar-refractivity contribution in [3.05, 3.63) is 83.4 Å². The molecule has 0 aliphatic rings. The summed E-state index contributed by atoms with van der Waals surface area (Å²) in [6.45, 7) is -1.28. The summed E-state index contributed by atoms with van der Waals surface area (Å²) in [6.07, 6.45) is 0.479. The van der Waals surface area contributed by atoms with Gasteiger partial charge in [0.05, 0.1) is 29.9 Å². The molecule has 36 heavy (non-hydrogen) atoms. The van der Waals surface area contributed by atoms with Crippen LogP contribution in [0, 0.1) is 11.8 Å². The molecule has 6 nitrogen and oxygen atoms in total. The number of alkyl halides is 2. The smallest absolute Gasteiger partial charge is 0.387 e. The van der Waals surface area contributed by atoms with Crippen molar-refractivity contribution < 1.29 is 31.5 Å². The first-order valence-corrected chi connectivity index (χ1v) is 12.7. The van der Waals surface area contributed by atoms with Crippen LogP contribution < -0.4 is 14.8 Å². The third-order valence-corrected chi connectivity index (χ3v) is 6.93. The number of methoxy groups -OCH3 is 1. The molecular formula is C27H25F2NO5S. The lowest BCUT2D eigenvalue weighted by atomic mass is 10.1. The van der Waals surface area contributed by atoms with E-state index >= 15 is 0 Å². The number of carbonyl (C=O) groups is 1. The molecule has 1 N–H and O–H groups in total. The van der Waals surface area contributed by atoms with Crippen molar-refractivity contribution in [3.63, 3.8) is 0 Å². The van der Waals surface area contributed by atoms with Crippen LogP contribution in [0.5, 0.6) is 11.5 Å². The van der Waals surface area contributed by atoms with E-state index < -0.39 is 16.4 Å². The van der Waals surface area contributed by atoms with Crippen LogP contribution in [0.2, 0.25) is 0 Å². The second-order valence-corrected chi connectivity index (χ2v) is 9.97. The molecule has 0 radical (unpaired) electrons. The van der Waals surface area contributed by atoms with Crippen molar-refractivity contribution in [3.8, 4) is 23.3 Å². The van der Waals surface area contributed by atoms with E-state index in [1.165, 1.54) is 31.4 Å². The minimum Gasteiger partial charge on any atom is -0.495 e. The quantitative estimate of drug-likeness (QED) is 0.413. The van der Waals surface area contributed by atoms with Crippen LogP contribution in [-0.2, 0) is 27.5 Å². The molecule has 0 heterocycles. The molecule has 0 aromatic heterocycles. The summed E-state index contributed by atoms with van der Waals surface area (Å²) in [7, 11) is -1.81. The van der Waals surface area contributed by atoms with Gasteiger partial charge < -0.3 is 14.8 Å². The number of ether oxygens (including phenoxy) is 2. The minimum atomic E-state index is -3.29. The number of sulfone groups is 1. The van der Waals surface area contributed by atoms with E-state index in [1.54, 1.807) is 49.4 Å². The number of carbonyl (C=O) groups excluding carboxylic acids is 1. The molecule has 3 aromatic carbocycles. The minimum absolute atomic E-state index is 0.0130. The number of anilines is 1. The average Bonchev–Trinajstić information content (AvgIpc) is 2.86. The molecule has 0 saturated heterocycles. The molecule has 0 atom stereocenters. The highest BCUT2D eigenvalue weighted by molar-refractivity contribution is 7.91. The maximum absolute atomic E-state index is 12.5. The van der Waals surface area contributed by atoms with Gasteiger partial charge in [0.2, 0.25) is 5.91 Å². The fourth-order valence-corrected chi connectivity index (χ4v) is 4.15. The number of halogens is 2. The summed E-state index contributed by atoms with van der Waals surface area (Å²) < 4.78 is 58.0. The summed E-state index contributed by atoms with van der Waals surface area (Å²) in [5.74, 6) is 6.29. The van der Waals surface area contributed by atoms with E-state index in [1.807, 2.05) is 0 Å². The Kier molecular flexibility index (Phi) is 9.03. The van der Waals surface area contributed by atoms with Crippen LogP contribution >= 0.6 is 0 Å². The van der Waals surface area contributed by atoms with Gasteiger partial charge in [0.1, 0.15) is 11.5 Å². The molecule has 0 bridgehead atoms. The Bertz CT molecular complexity index is 1360. The number of amides is 1. The second-order valence-electron chi connectivity index (χ2n) is 7.69. The predicted molar refractivity (Wildman–Crippen MR) is 133 cm³/mol. The van der Waals surface area contributed by atoms with Crippen molar-refractivity contribution in [2.24, 2.45) is 0 Å². The van der Waals surface area contributed by atoms with Crippen molar-refractivity contribution in [2.45, 2.75) is 31.3 Å². The van der Waals surface area contributed by atoms with Gasteiger partial charge in [0.15, 0.2) is 9.84 Å². The number of hydrogen-bond acceptors (Lipinski definition) is 5. The Morgan fingerprint density at radius 2 is 1.67 bits per heavy atom. The molecule has 9 heteroatoms. The zero-order valence-electron chi connectivity index (χ0n) is 19.8. The lowest BCUT2D eigenvalue weighted by molar-refractivity contribution is -0.115. The van der Waals surface area contributed by atoms with Crippen LogP contribution in [0.4, 0.5) is 14.5 Å². The maximum atomic E-state index is 12.5. The average molecular weight is 514 g/mol. The Balaban J connectivity index is 1.61. The van der Waals surface area contributed by atoms with Crippen molar-refractivity contribution in [1.29, 1.82) is 0 Å². The van der Waals surface area contributed by atoms with Gasteiger partial charge in [-0.1, -0.05) is 43.0 Å². The molecule has 0 unspecified atom stereocenters. The number of nitrogens with one attached hydrogen (secondary N) is 1. The Labute approximate surface area is 209 Å². The van der Waals surface area contributed by atoms with Gasteiger partial charge in [0, 0.05) is 12.0 Å². The first-order chi connectivity index (χ1) is 17.2. The molecule has 0 spiro atoms. The van der Waals surface area contributed by atoms with Gasteiger partial charge >= 0.3 is 6.61 Å². The summed E-state index contributed by atoms with van der Waals surface area (Å²) in [4.78, 5) is 12.7. The van der Waals surface area contributed by atoms with Gasteiger partial charge in [-0.2, -0.15) is 8.78 Å². The van der Waals surface area contributed by atoms with Crippen LogP contribution in [-0.4, -0.2) is 33.8 Å². The van der Waals surface area contributed by atoms with Crippen LogP contribution in [0.15, 0.2) is 71.6 Å². The summed E-state index contributed by atoms with van der Waals surface area (Å²) in [5.41, 5.74) is 2.68. The van der Waals surface area contributed by atoms with Crippen LogP contribution in [0.1, 0.15) is 23.6 Å². The molecule has 3 rings (SSSR count). The van der Waals surface area contributed by atoms with Crippen LogP contribution in [0.3, 0.4) is 0 Å². The first-order valence-electron chi connectivity index (χ1n) is 11.0. The van der Waals surface area contributed by atoms with E-state index in [9.17, 15) is 22.0 Å². The SMILES string of the molecule is CCS(=O)(=O)c1ccc(CC(=O)Nc2ccc(C#CCc3ccc(OC(F)F)cc3)cc2OC)cc1. The third kappa shape index (κ3) is 7.55. The number of hydrogen-bond donors (Lipinski definition) is 1. The fraction of sp³-hybridized carbons (Fsp3) is 0.222. The van der Waals surface area contributed by atoms with E-state index in [0.717, 1.165) is 5.56 Å². The van der Waals surface area contributed by atoms with Gasteiger partial charge in [-0.15, -0.1) is 0 Å². The van der Waals surface area contributed by atoms with E-state index in [-0.39, 0.29) is 28.7 Å². The lowest BCUT2D eigenvalue weighted by Gasteiger charge is -2.11. The highest BCUT2D eigenvalue weighted by Crippen LogP contribution is 2.26. The first kappa shape index (κ1) is 26.7. The number of rotatable bonds is 9. The van der Waals surface area contributed by atoms with E-state index in [0.29, 0.717) is 29.0 Å². The van der Waals surface area contributed by atoms with Gasteiger partial charge in [-0.25, -0.2) is 8.42 Å². The summed E-state index contributed by atoms with van der Waals surface area (Å²) in [5, 5.41) is 2.80. The van der Waals surface area contributed by atoms with Gasteiger partial charge in [0.25, 0.3) is 0 Å². The molecule has 0 aliphatic heterocycles. The van der Waals surface area contributed by atoms with Crippen molar-refractivity contribution in [1.82, 2.24) is 0 Å². The monoisotopic (exact) mass is 513 g/mol. The topological polar surface area (TPSA) is 81.7 Å². The molecule has 1 amide bonds. The number of benzene rings is 3. The molecule has 0 fully saturated rings. The zero-order chi connectivity index (χ0) is 26.1. The normalized spacial score (nSPS) is 10.9. The Hall–Kier alpha value is -3.90. The predicted octanol–water partition coefficient (Wildman–Crippen LogP) is 4.87. The third-order valence-electron chi connectivity index (χ3n) is 5.18. The van der Waals surface area contributed by atoms with E-state index in [2.05, 4.69) is 21.9 Å². The van der Waals surface area contributed by atoms with E-state index in [4.69, 9.17) is 4.74 Å². The van der Waals surface area contributed by atoms with Gasteiger partial charge in [-0.05, 0) is 53.6 Å². The molecule has 0 aliphatic carbocycles. The summed E-state index contributed by atoms with van der Waals surface area (Å²) in [6, 6.07) is 17.6. The molecule has 3 aromatic rings. The molecule has 188 valence electrons. The lowest BCUT2D eigenvalue weighted by Crippen LogP contribution is -2.15. The highest BCUT2D eigenvalue weighted by atomic mass is 32.2. The largest absolute Gasteiger partial charge is 0.495 e. The van der Waals surface area contributed by atoms with Crippen molar-refractivity contribution in [2.75, 3.05) is 18.2 Å². The molecular weight excluding hydrogens is 488 g/mol. The van der Waals surface area contributed by atoms with Gasteiger partial charge in [-0.3, -0.25) is 4.79 Å². The Morgan fingerprint density at radius 3 is 2.28 bits per heavy atom. The fourth-order valence-electron chi connectivity index (χ4n) is 3.27. The van der Waals surface area contributed by atoms with Crippen molar-refractivity contribution >= 4 is 21.4 Å². The Morgan fingerprint density at radius 1 is 1.00 bits per heavy atom. The zero-order valence-corrected chi connectivity index (χ0v) is 20.6.